The fourth-order valence-corrected chi connectivity index (χ4v) is 3.91. The Bertz CT molecular complexity index is 348. The number of aliphatic imine (C=N–C) groups is 1. The van der Waals surface area contributed by atoms with E-state index in [4.69, 9.17) is 9.84 Å². The van der Waals surface area contributed by atoms with E-state index in [2.05, 4.69) is 9.89 Å². The largest absolute Gasteiger partial charge is 0.394 e. The fraction of sp³-hybridized carbons (Fsp3) is 0.909. The van der Waals surface area contributed by atoms with Crippen molar-refractivity contribution in [1.82, 2.24) is 4.90 Å². The summed E-state index contributed by atoms with van der Waals surface area (Å²) in [6, 6.07) is -0.427. The standard InChI is InChI=1S/C11H18N2O4S/c14-5-6-8(15)9(16)7-10(17-6)18-11(12-7)13-3-1-2-4-13/h6-10,14-16H,1-5H2/t6-,7-,8-,9-,10-/m1/s1. The van der Waals surface area contributed by atoms with Crippen LogP contribution in [-0.2, 0) is 4.74 Å². The first-order valence-corrected chi connectivity index (χ1v) is 7.20. The van der Waals surface area contributed by atoms with Crippen LogP contribution in [0.1, 0.15) is 12.8 Å². The second-order valence-electron chi connectivity index (χ2n) is 4.92. The monoisotopic (exact) mass is 274 g/mol. The minimum Gasteiger partial charge on any atom is -0.394 e. The molecular formula is C11H18N2O4S. The Balaban J connectivity index is 1.74. The number of aliphatic hydroxyl groups is 3. The molecule has 0 aromatic rings. The molecule has 0 radical (unpaired) electrons. The lowest BCUT2D eigenvalue weighted by Gasteiger charge is -2.37. The second kappa shape index (κ2) is 4.97. The molecule has 0 aliphatic carbocycles. The minimum atomic E-state index is -1.07. The highest BCUT2D eigenvalue weighted by Gasteiger charge is 2.48. The number of hydrogen-bond acceptors (Lipinski definition) is 7. The second-order valence-corrected chi connectivity index (χ2v) is 5.99. The number of fused-ring (bicyclic) bond motifs is 1. The molecule has 2 saturated heterocycles. The van der Waals surface area contributed by atoms with Gasteiger partial charge in [0.15, 0.2) is 5.17 Å². The van der Waals surface area contributed by atoms with E-state index >= 15 is 0 Å². The Morgan fingerprint density at radius 3 is 2.67 bits per heavy atom. The van der Waals surface area contributed by atoms with Crippen molar-refractivity contribution in [3.05, 3.63) is 0 Å². The van der Waals surface area contributed by atoms with Gasteiger partial charge < -0.3 is 25.0 Å². The number of hydrogen-bond donors (Lipinski definition) is 3. The highest BCUT2D eigenvalue weighted by atomic mass is 32.2. The number of amidine groups is 1. The van der Waals surface area contributed by atoms with E-state index in [1.807, 2.05) is 0 Å². The minimum absolute atomic E-state index is 0.291. The molecule has 18 heavy (non-hydrogen) atoms. The average molecular weight is 274 g/mol. The molecule has 0 unspecified atom stereocenters. The molecule has 0 aromatic carbocycles. The fourth-order valence-electron chi connectivity index (χ4n) is 2.63. The van der Waals surface area contributed by atoms with Crippen LogP contribution >= 0.6 is 11.8 Å². The average Bonchev–Trinajstić information content (AvgIpc) is 3.01. The van der Waals surface area contributed by atoms with Crippen LogP contribution in [-0.4, -0.2) is 74.9 Å². The summed E-state index contributed by atoms with van der Waals surface area (Å²) >= 11 is 1.49. The van der Waals surface area contributed by atoms with E-state index in [0.29, 0.717) is 0 Å². The Morgan fingerprint density at radius 1 is 1.28 bits per heavy atom. The molecule has 2 fully saturated rings. The molecule has 0 amide bonds. The number of nitrogens with zero attached hydrogens (tertiary/aromatic N) is 2. The SMILES string of the molecule is OC[C@H]1O[C@@H]2SC(N3CCCC3)=N[C@@H]2[C@@H](O)[C@@H]1O. The predicted octanol–water partition coefficient (Wildman–Crippen LogP) is -1.01. The highest BCUT2D eigenvalue weighted by molar-refractivity contribution is 8.14. The summed E-state index contributed by atoms with van der Waals surface area (Å²) in [4.78, 5) is 6.67. The van der Waals surface area contributed by atoms with Crippen molar-refractivity contribution in [3.8, 4) is 0 Å². The van der Waals surface area contributed by atoms with Gasteiger partial charge >= 0.3 is 0 Å². The van der Waals surface area contributed by atoms with Gasteiger partial charge in [-0.25, -0.2) is 0 Å². The van der Waals surface area contributed by atoms with E-state index in [0.717, 1.165) is 18.3 Å². The zero-order chi connectivity index (χ0) is 12.7. The molecule has 0 aromatic heterocycles. The van der Waals surface area contributed by atoms with E-state index in [1.54, 1.807) is 0 Å². The summed E-state index contributed by atoms with van der Waals surface area (Å²) in [6.07, 6.45) is -0.422. The van der Waals surface area contributed by atoms with Crippen LogP contribution in [0.25, 0.3) is 0 Å². The van der Waals surface area contributed by atoms with Gasteiger partial charge in [0.1, 0.15) is 29.8 Å². The highest BCUT2D eigenvalue weighted by Crippen LogP contribution is 2.37. The van der Waals surface area contributed by atoms with Gasteiger partial charge in [0.2, 0.25) is 0 Å². The molecule has 5 atom stereocenters. The zero-order valence-electron chi connectivity index (χ0n) is 9.97. The van der Waals surface area contributed by atoms with E-state index < -0.39 is 24.4 Å². The lowest BCUT2D eigenvalue weighted by Crippen LogP contribution is -2.55. The van der Waals surface area contributed by atoms with Crippen molar-refractivity contribution in [2.75, 3.05) is 19.7 Å². The summed E-state index contributed by atoms with van der Waals surface area (Å²) in [5, 5.41) is 29.9. The molecule has 7 heteroatoms. The van der Waals surface area contributed by atoms with Crippen LogP contribution in [0, 0.1) is 0 Å². The number of thioether (sulfide) groups is 1. The third kappa shape index (κ3) is 2.04. The Morgan fingerprint density at radius 2 is 2.00 bits per heavy atom. The van der Waals surface area contributed by atoms with Gasteiger partial charge in [-0.2, -0.15) is 0 Å². The molecule has 3 aliphatic rings. The summed E-state index contributed by atoms with van der Waals surface area (Å²) in [7, 11) is 0. The van der Waals surface area contributed by atoms with E-state index in [9.17, 15) is 10.2 Å². The van der Waals surface area contributed by atoms with Crippen LogP contribution in [0.5, 0.6) is 0 Å². The lowest BCUT2D eigenvalue weighted by molar-refractivity contribution is -0.164. The van der Waals surface area contributed by atoms with Gasteiger partial charge in [-0.05, 0) is 12.8 Å². The van der Waals surface area contributed by atoms with E-state index in [1.165, 1.54) is 24.6 Å². The van der Waals surface area contributed by atoms with Crippen LogP contribution in [0.2, 0.25) is 0 Å². The van der Waals surface area contributed by atoms with Crippen LogP contribution in [0.3, 0.4) is 0 Å². The lowest BCUT2D eigenvalue weighted by atomic mass is 9.99. The van der Waals surface area contributed by atoms with Gasteiger partial charge in [0.25, 0.3) is 0 Å². The quantitative estimate of drug-likeness (QED) is 0.568. The molecule has 3 aliphatic heterocycles. The molecule has 3 N–H and O–H groups in total. The normalized spacial score (nSPS) is 44.1. The van der Waals surface area contributed by atoms with E-state index in [-0.39, 0.29) is 12.0 Å². The molecule has 3 heterocycles. The molecular weight excluding hydrogens is 256 g/mol. The third-order valence-electron chi connectivity index (χ3n) is 3.71. The molecule has 0 saturated carbocycles. The summed E-state index contributed by atoms with van der Waals surface area (Å²) in [6.45, 7) is 1.70. The number of likely N-dealkylation sites (tertiary alicyclic amines) is 1. The maximum atomic E-state index is 10.0. The Kier molecular flexibility index (Phi) is 3.50. The van der Waals surface area contributed by atoms with Crippen LogP contribution in [0.4, 0.5) is 0 Å². The smallest absolute Gasteiger partial charge is 0.162 e. The van der Waals surface area contributed by atoms with Gasteiger partial charge in [0, 0.05) is 13.1 Å². The van der Waals surface area contributed by atoms with Crippen molar-refractivity contribution in [2.24, 2.45) is 4.99 Å². The Labute approximate surface area is 110 Å². The predicted molar refractivity (Wildman–Crippen MR) is 67.4 cm³/mol. The van der Waals surface area contributed by atoms with Crippen molar-refractivity contribution in [3.63, 3.8) is 0 Å². The van der Waals surface area contributed by atoms with Gasteiger partial charge in [-0.3, -0.25) is 4.99 Å². The molecule has 0 spiro atoms. The Hall–Kier alpha value is -0.340. The molecule has 0 bridgehead atoms. The van der Waals surface area contributed by atoms with Gasteiger partial charge in [-0.1, -0.05) is 11.8 Å². The van der Waals surface area contributed by atoms with Crippen molar-refractivity contribution >= 4 is 16.9 Å². The first kappa shape index (κ1) is 12.7. The van der Waals surface area contributed by atoms with Crippen molar-refractivity contribution in [2.45, 2.75) is 42.6 Å². The van der Waals surface area contributed by atoms with Crippen LogP contribution < -0.4 is 0 Å². The molecule has 102 valence electrons. The van der Waals surface area contributed by atoms with Crippen molar-refractivity contribution in [1.29, 1.82) is 0 Å². The number of ether oxygens (including phenoxy) is 1. The molecule has 6 nitrogen and oxygen atoms in total. The summed E-state index contributed by atoms with van der Waals surface area (Å²) in [5.41, 5.74) is -0.295. The zero-order valence-corrected chi connectivity index (χ0v) is 10.8. The topological polar surface area (TPSA) is 85.5 Å². The first-order chi connectivity index (χ1) is 8.70. The van der Waals surface area contributed by atoms with Crippen molar-refractivity contribution < 1.29 is 20.1 Å². The van der Waals surface area contributed by atoms with Gasteiger partial charge in [-0.15, -0.1) is 0 Å². The number of rotatable bonds is 1. The summed E-state index contributed by atoms with van der Waals surface area (Å²) in [5.74, 6) is 0. The molecule has 3 rings (SSSR count). The van der Waals surface area contributed by atoms with Gasteiger partial charge in [0.05, 0.1) is 6.61 Å². The number of aliphatic hydroxyl groups excluding tert-OH is 3. The first-order valence-electron chi connectivity index (χ1n) is 6.32. The third-order valence-corrected chi connectivity index (χ3v) is 4.90. The maximum Gasteiger partial charge on any atom is 0.162 e. The van der Waals surface area contributed by atoms with Crippen LogP contribution in [0.15, 0.2) is 4.99 Å². The summed E-state index contributed by atoms with van der Waals surface area (Å²) < 4.78 is 5.59. The maximum absolute atomic E-state index is 10.0.